The lowest BCUT2D eigenvalue weighted by Gasteiger charge is -2.07. The molecule has 0 unspecified atom stereocenters. The van der Waals surface area contributed by atoms with Gasteiger partial charge in [-0.05, 0) is 31.2 Å². The second kappa shape index (κ2) is 6.30. The van der Waals surface area contributed by atoms with E-state index in [4.69, 9.17) is 4.74 Å². The summed E-state index contributed by atoms with van der Waals surface area (Å²) in [6.07, 6.45) is 0. The number of carboxylic acid groups (broad SMARTS) is 1. The van der Waals surface area contributed by atoms with Gasteiger partial charge in [0.15, 0.2) is 0 Å². The summed E-state index contributed by atoms with van der Waals surface area (Å²) in [5.74, 6) is -2.10. The molecule has 7 nitrogen and oxygen atoms in total. The van der Waals surface area contributed by atoms with Crippen LogP contribution in [0.2, 0.25) is 0 Å². The number of esters is 1. The van der Waals surface area contributed by atoms with Crippen LogP contribution in [0.4, 0.5) is 0 Å². The summed E-state index contributed by atoms with van der Waals surface area (Å²) in [5, 5.41) is 10.2. The number of hydrogen-bond donors (Lipinski definition) is 1. The molecule has 0 spiro atoms. The highest BCUT2D eigenvalue weighted by Gasteiger charge is 2.14. The molecule has 0 saturated carbocycles. The SMILES string of the molecule is CCOC(=O)c1ccc(S(=O)(=O)NCC(=O)[O-])cc1. The molecule has 1 rings (SSSR count). The first-order valence-corrected chi connectivity index (χ1v) is 6.82. The summed E-state index contributed by atoms with van der Waals surface area (Å²) in [6.45, 7) is 1.05. The number of carboxylic acids is 1. The van der Waals surface area contributed by atoms with Gasteiger partial charge in [0.1, 0.15) is 0 Å². The van der Waals surface area contributed by atoms with Crippen LogP contribution in [0.3, 0.4) is 0 Å². The summed E-state index contributed by atoms with van der Waals surface area (Å²) < 4.78 is 29.8. The molecule has 0 aliphatic carbocycles. The Morgan fingerprint density at radius 2 is 1.84 bits per heavy atom. The summed E-state index contributed by atoms with van der Waals surface area (Å²) in [7, 11) is -3.93. The Morgan fingerprint density at radius 1 is 1.26 bits per heavy atom. The van der Waals surface area contributed by atoms with Crippen LogP contribution in [0.5, 0.6) is 0 Å². The highest BCUT2D eigenvalue weighted by Crippen LogP contribution is 2.11. The van der Waals surface area contributed by atoms with Crippen molar-refractivity contribution in [1.29, 1.82) is 0 Å². The molecule has 0 fully saturated rings. The van der Waals surface area contributed by atoms with Crippen molar-refractivity contribution < 1.29 is 27.9 Å². The van der Waals surface area contributed by atoms with Gasteiger partial charge in [-0.1, -0.05) is 0 Å². The Kier molecular flexibility index (Phi) is 5.02. The van der Waals surface area contributed by atoms with Crippen LogP contribution in [0.15, 0.2) is 29.2 Å². The van der Waals surface area contributed by atoms with Crippen molar-refractivity contribution in [2.24, 2.45) is 0 Å². The van der Waals surface area contributed by atoms with Crippen LogP contribution in [0.25, 0.3) is 0 Å². The Labute approximate surface area is 110 Å². The molecular formula is C11H12NO6S-. The average molecular weight is 286 g/mol. The second-order valence-corrected chi connectivity index (χ2v) is 5.21. The summed E-state index contributed by atoms with van der Waals surface area (Å²) >= 11 is 0. The van der Waals surface area contributed by atoms with Crippen molar-refractivity contribution in [3.05, 3.63) is 29.8 Å². The molecule has 0 atom stereocenters. The van der Waals surface area contributed by atoms with E-state index in [0.717, 1.165) is 0 Å². The molecule has 19 heavy (non-hydrogen) atoms. The molecule has 8 heteroatoms. The topological polar surface area (TPSA) is 113 Å². The van der Waals surface area contributed by atoms with E-state index < -0.39 is 28.5 Å². The lowest BCUT2D eigenvalue weighted by molar-refractivity contribution is -0.303. The van der Waals surface area contributed by atoms with E-state index in [9.17, 15) is 23.1 Å². The normalized spacial score (nSPS) is 11.0. The molecule has 0 amide bonds. The Hall–Kier alpha value is -1.93. The Morgan fingerprint density at radius 3 is 2.32 bits per heavy atom. The zero-order chi connectivity index (χ0) is 14.5. The summed E-state index contributed by atoms with van der Waals surface area (Å²) in [4.78, 5) is 21.4. The molecule has 0 saturated heterocycles. The monoisotopic (exact) mass is 286 g/mol. The van der Waals surface area contributed by atoms with Gasteiger partial charge in [0, 0.05) is 0 Å². The quantitative estimate of drug-likeness (QED) is 0.664. The number of carbonyl (C=O) groups is 2. The molecular weight excluding hydrogens is 274 g/mol. The summed E-state index contributed by atoms with van der Waals surface area (Å²) in [6, 6.07) is 4.94. The average Bonchev–Trinajstić information content (AvgIpc) is 2.37. The zero-order valence-electron chi connectivity index (χ0n) is 10.1. The fourth-order valence-corrected chi connectivity index (χ4v) is 2.19. The zero-order valence-corrected chi connectivity index (χ0v) is 10.9. The van der Waals surface area contributed by atoms with E-state index in [2.05, 4.69) is 0 Å². The maximum absolute atomic E-state index is 11.6. The van der Waals surface area contributed by atoms with Crippen LogP contribution in [-0.2, 0) is 19.6 Å². The number of carbonyl (C=O) groups excluding carboxylic acids is 2. The van der Waals surface area contributed by atoms with Crippen molar-refractivity contribution in [1.82, 2.24) is 4.72 Å². The first-order valence-electron chi connectivity index (χ1n) is 5.33. The van der Waals surface area contributed by atoms with Gasteiger partial charge in [0.25, 0.3) is 0 Å². The molecule has 0 aliphatic heterocycles. The lowest BCUT2D eigenvalue weighted by Crippen LogP contribution is -2.37. The predicted octanol–water partition coefficient (Wildman–Crippen LogP) is -1.11. The molecule has 0 aliphatic rings. The van der Waals surface area contributed by atoms with E-state index in [-0.39, 0.29) is 17.1 Å². The molecule has 0 radical (unpaired) electrons. The van der Waals surface area contributed by atoms with Crippen LogP contribution in [0, 0.1) is 0 Å². The largest absolute Gasteiger partial charge is 0.549 e. The van der Waals surface area contributed by atoms with Crippen molar-refractivity contribution >= 4 is 22.0 Å². The van der Waals surface area contributed by atoms with Gasteiger partial charge in [-0.25, -0.2) is 17.9 Å². The Balaban J connectivity index is 2.86. The molecule has 1 aromatic carbocycles. The van der Waals surface area contributed by atoms with E-state index in [1.165, 1.54) is 24.3 Å². The number of sulfonamides is 1. The number of benzene rings is 1. The lowest BCUT2D eigenvalue weighted by atomic mass is 10.2. The highest BCUT2D eigenvalue weighted by molar-refractivity contribution is 7.89. The number of nitrogens with one attached hydrogen (secondary N) is 1. The number of aliphatic carboxylic acids is 1. The van der Waals surface area contributed by atoms with Crippen LogP contribution in [-0.4, -0.2) is 33.5 Å². The van der Waals surface area contributed by atoms with E-state index in [1.54, 1.807) is 6.92 Å². The van der Waals surface area contributed by atoms with Crippen LogP contribution >= 0.6 is 0 Å². The minimum atomic E-state index is -3.93. The van der Waals surface area contributed by atoms with E-state index >= 15 is 0 Å². The minimum Gasteiger partial charge on any atom is -0.549 e. The molecule has 1 aromatic rings. The minimum absolute atomic E-state index is 0.151. The third kappa shape index (κ3) is 4.34. The van der Waals surface area contributed by atoms with Crippen LogP contribution < -0.4 is 9.83 Å². The molecule has 1 N–H and O–H groups in total. The third-order valence-corrected chi connectivity index (χ3v) is 3.50. The van der Waals surface area contributed by atoms with Gasteiger partial charge in [0.2, 0.25) is 10.0 Å². The summed E-state index contributed by atoms with van der Waals surface area (Å²) in [5.41, 5.74) is 0.209. The molecule has 0 bridgehead atoms. The van der Waals surface area contributed by atoms with Gasteiger partial charge < -0.3 is 14.6 Å². The Bertz CT molecular complexity index is 563. The number of ether oxygens (including phenoxy) is 1. The highest BCUT2D eigenvalue weighted by atomic mass is 32.2. The van der Waals surface area contributed by atoms with Crippen molar-refractivity contribution in [2.75, 3.05) is 13.2 Å². The smallest absolute Gasteiger partial charge is 0.338 e. The maximum atomic E-state index is 11.6. The van der Waals surface area contributed by atoms with Crippen molar-refractivity contribution in [3.8, 4) is 0 Å². The third-order valence-electron chi connectivity index (χ3n) is 2.08. The van der Waals surface area contributed by atoms with Gasteiger partial charge in [-0.3, -0.25) is 0 Å². The maximum Gasteiger partial charge on any atom is 0.338 e. The molecule has 0 heterocycles. The predicted molar refractivity (Wildman–Crippen MR) is 62.6 cm³/mol. The van der Waals surface area contributed by atoms with Gasteiger partial charge in [-0.2, -0.15) is 0 Å². The van der Waals surface area contributed by atoms with Gasteiger partial charge in [0.05, 0.1) is 29.6 Å². The fourth-order valence-electron chi connectivity index (χ4n) is 1.22. The van der Waals surface area contributed by atoms with Gasteiger partial charge in [-0.15, -0.1) is 0 Å². The van der Waals surface area contributed by atoms with E-state index in [1.807, 2.05) is 4.72 Å². The van der Waals surface area contributed by atoms with Crippen LogP contribution in [0.1, 0.15) is 17.3 Å². The standard InChI is InChI=1S/C11H13NO6S/c1-2-18-11(15)8-3-5-9(6-4-8)19(16,17)12-7-10(13)14/h3-6,12H,2,7H2,1H3,(H,13,14)/p-1. The molecule has 104 valence electrons. The van der Waals surface area contributed by atoms with E-state index in [0.29, 0.717) is 0 Å². The first-order chi connectivity index (χ1) is 8.86. The number of hydrogen-bond acceptors (Lipinski definition) is 6. The first kappa shape index (κ1) is 15.1. The fraction of sp³-hybridized carbons (Fsp3) is 0.273. The van der Waals surface area contributed by atoms with Crippen molar-refractivity contribution in [3.63, 3.8) is 0 Å². The van der Waals surface area contributed by atoms with Crippen molar-refractivity contribution in [2.45, 2.75) is 11.8 Å². The number of rotatable bonds is 6. The second-order valence-electron chi connectivity index (χ2n) is 3.44. The van der Waals surface area contributed by atoms with Gasteiger partial charge >= 0.3 is 5.97 Å². The molecule has 0 aromatic heterocycles.